The molecule has 132 valence electrons. The molecule has 0 aliphatic heterocycles. The Morgan fingerprint density at radius 2 is 1.72 bits per heavy atom. The van der Waals surface area contributed by atoms with Gasteiger partial charge in [-0.3, -0.25) is 14.6 Å². The summed E-state index contributed by atoms with van der Waals surface area (Å²) in [5, 5.41) is 5.60. The van der Waals surface area contributed by atoms with Crippen LogP contribution in [0.3, 0.4) is 0 Å². The average Bonchev–Trinajstić information content (AvgIpc) is 2.62. The summed E-state index contributed by atoms with van der Waals surface area (Å²) < 4.78 is 5.08. The van der Waals surface area contributed by atoms with Gasteiger partial charge in [0.2, 0.25) is 0 Å². The van der Waals surface area contributed by atoms with E-state index < -0.39 is 0 Å². The van der Waals surface area contributed by atoms with Crippen LogP contribution in [0.4, 0.5) is 5.69 Å². The van der Waals surface area contributed by atoms with Crippen LogP contribution in [0.1, 0.15) is 41.0 Å². The highest BCUT2D eigenvalue weighted by atomic mass is 16.5. The van der Waals surface area contributed by atoms with Crippen molar-refractivity contribution in [1.82, 2.24) is 10.3 Å². The van der Waals surface area contributed by atoms with E-state index in [1.165, 1.54) is 18.5 Å². The number of hydrogen-bond donors (Lipinski definition) is 2. The van der Waals surface area contributed by atoms with Gasteiger partial charge in [-0.15, -0.1) is 0 Å². The molecule has 0 fully saturated rings. The zero-order valence-corrected chi connectivity index (χ0v) is 14.7. The van der Waals surface area contributed by atoms with Gasteiger partial charge in [0.1, 0.15) is 5.75 Å². The number of aromatic nitrogens is 1. The number of anilines is 1. The van der Waals surface area contributed by atoms with E-state index in [1.807, 2.05) is 0 Å². The molecule has 0 radical (unpaired) electrons. The van der Waals surface area contributed by atoms with E-state index in [-0.39, 0.29) is 11.8 Å². The van der Waals surface area contributed by atoms with Crippen LogP contribution in [0.5, 0.6) is 5.75 Å². The molecule has 0 spiro atoms. The fourth-order valence-electron chi connectivity index (χ4n) is 2.14. The van der Waals surface area contributed by atoms with Crippen LogP contribution in [0.2, 0.25) is 0 Å². The molecule has 2 N–H and O–H groups in total. The monoisotopic (exact) mass is 341 g/mol. The molecule has 0 saturated heterocycles. The zero-order chi connectivity index (χ0) is 18.2. The second-order valence-electron chi connectivity index (χ2n) is 6.08. The summed E-state index contributed by atoms with van der Waals surface area (Å²) in [6.07, 6.45) is 3.79. The van der Waals surface area contributed by atoms with Crippen LogP contribution < -0.4 is 15.4 Å². The third kappa shape index (κ3) is 5.60. The van der Waals surface area contributed by atoms with Crippen molar-refractivity contribution in [2.75, 3.05) is 19.0 Å². The predicted molar refractivity (Wildman–Crippen MR) is 97.0 cm³/mol. The van der Waals surface area contributed by atoms with Crippen molar-refractivity contribution < 1.29 is 14.3 Å². The third-order valence-electron chi connectivity index (χ3n) is 3.62. The maximum absolute atomic E-state index is 12.3. The number of pyridine rings is 1. The van der Waals surface area contributed by atoms with E-state index >= 15 is 0 Å². The van der Waals surface area contributed by atoms with E-state index in [1.54, 1.807) is 31.4 Å². The van der Waals surface area contributed by atoms with Gasteiger partial charge in [-0.25, -0.2) is 0 Å². The predicted octanol–water partition coefficient (Wildman–Crippen LogP) is 3.12. The van der Waals surface area contributed by atoms with Gasteiger partial charge in [0, 0.05) is 24.6 Å². The Bertz CT molecular complexity index is 727. The Morgan fingerprint density at radius 3 is 2.32 bits per heavy atom. The molecule has 6 heteroatoms. The van der Waals surface area contributed by atoms with Crippen molar-refractivity contribution >= 4 is 17.5 Å². The molecule has 25 heavy (non-hydrogen) atoms. The standard InChI is InChI=1S/C19H23N3O3/c1-13(2)8-9-21-18(23)14-10-15(12-20-11-14)19(24)22-16-4-6-17(25-3)7-5-16/h4-7,10-13H,8-9H2,1-3H3,(H,21,23)(H,22,24). The number of nitrogens with zero attached hydrogens (tertiary/aromatic N) is 1. The molecule has 1 aromatic carbocycles. The third-order valence-corrected chi connectivity index (χ3v) is 3.62. The van der Waals surface area contributed by atoms with Crippen molar-refractivity contribution in [2.45, 2.75) is 20.3 Å². The molecule has 2 amide bonds. The van der Waals surface area contributed by atoms with E-state index in [2.05, 4.69) is 29.5 Å². The topological polar surface area (TPSA) is 80.3 Å². The lowest BCUT2D eigenvalue weighted by Crippen LogP contribution is -2.26. The number of ether oxygens (including phenoxy) is 1. The minimum absolute atomic E-state index is 0.229. The van der Waals surface area contributed by atoms with Crippen molar-refractivity contribution in [3.8, 4) is 5.75 Å². The molecular weight excluding hydrogens is 318 g/mol. The summed E-state index contributed by atoms with van der Waals surface area (Å²) in [6.45, 7) is 4.79. The van der Waals surface area contributed by atoms with Gasteiger partial charge in [0.25, 0.3) is 11.8 Å². The second-order valence-corrected chi connectivity index (χ2v) is 6.08. The number of amides is 2. The first kappa shape index (κ1) is 18.4. The summed E-state index contributed by atoms with van der Waals surface area (Å²) >= 11 is 0. The van der Waals surface area contributed by atoms with Gasteiger partial charge in [0.05, 0.1) is 18.2 Å². The first-order valence-electron chi connectivity index (χ1n) is 8.18. The number of carbonyl (C=O) groups is 2. The number of benzene rings is 1. The Morgan fingerprint density at radius 1 is 1.08 bits per heavy atom. The van der Waals surface area contributed by atoms with Crippen LogP contribution in [-0.4, -0.2) is 30.5 Å². The highest BCUT2D eigenvalue weighted by molar-refractivity contribution is 6.05. The van der Waals surface area contributed by atoms with E-state index in [0.717, 1.165) is 6.42 Å². The largest absolute Gasteiger partial charge is 0.497 e. The Balaban J connectivity index is 2.01. The molecule has 0 aliphatic carbocycles. The molecule has 0 saturated carbocycles. The SMILES string of the molecule is COc1ccc(NC(=O)c2cncc(C(=O)NCCC(C)C)c2)cc1. The fourth-order valence-corrected chi connectivity index (χ4v) is 2.14. The van der Waals surface area contributed by atoms with E-state index in [4.69, 9.17) is 4.74 Å². The van der Waals surface area contributed by atoms with Gasteiger partial charge < -0.3 is 15.4 Å². The summed E-state index contributed by atoms with van der Waals surface area (Å²) in [5.74, 6) is 0.668. The van der Waals surface area contributed by atoms with Crippen LogP contribution >= 0.6 is 0 Å². The van der Waals surface area contributed by atoms with Gasteiger partial charge in [-0.05, 0) is 42.7 Å². The normalized spacial score (nSPS) is 10.4. The lowest BCUT2D eigenvalue weighted by molar-refractivity contribution is 0.0951. The number of methoxy groups -OCH3 is 1. The van der Waals surface area contributed by atoms with Crippen LogP contribution in [0.15, 0.2) is 42.7 Å². The number of hydrogen-bond acceptors (Lipinski definition) is 4. The molecule has 0 aliphatic rings. The molecule has 6 nitrogen and oxygen atoms in total. The minimum atomic E-state index is -0.325. The van der Waals surface area contributed by atoms with Crippen molar-refractivity contribution in [1.29, 1.82) is 0 Å². The van der Waals surface area contributed by atoms with Crippen LogP contribution in [0.25, 0.3) is 0 Å². The highest BCUT2D eigenvalue weighted by Crippen LogP contribution is 2.16. The molecule has 1 aromatic heterocycles. The van der Waals surface area contributed by atoms with Crippen molar-refractivity contribution in [3.05, 3.63) is 53.9 Å². The molecule has 2 aromatic rings. The molecule has 1 heterocycles. The first-order chi connectivity index (χ1) is 12.0. The van der Waals surface area contributed by atoms with E-state index in [0.29, 0.717) is 35.0 Å². The maximum Gasteiger partial charge on any atom is 0.257 e. The number of carbonyl (C=O) groups excluding carboxylic acids is 2. The second kappa shape index (κ2) is 8.82. The number of nitrogens with one attached hydrogen (secondary N) is 2. The van der Waals surface area contributed by atoms with Gasteiger partial charge in [-0.2, -0.15) is 0 Å². The summed E-state index contributed by atoms with van der Waals surface area (Å²) in [6, 6.07) is 8.54. The van der Waals surface area contributed by atoms with E-state index in [9.17, 15) is 9.59 Å². The lowest BCUT2D eigenvalue weighted by Gasteiger charge is -2.09. The Labute approximate surface area is 147 Å². The fraction of sp³-hybridized carbons (Fsp3) is 0.316. The lowest BCUT2D eigenvalue weighted by atomic mass is 10.1. The van der Waals surface area contributed by atoms with Crippen LogP contribution in [0, 0.1) is 5.92 Å². The molecular formula is C19H23N3O3. The minimum Gasteiger partial charge on any atom is -0.497 e. The molecule has 2 rings (SSSR count). The van der Waals surface area contributed by atoms with Gasteiger partial charge in [-0.1, -0.05) is 13.8 Å². The summed E-state index contributed by atoms with van der Waals surface area (Å²) in [5.41, 5.74) is 1.33. The quantitative estimate of drug-likeness (QED) is 0.811. The first-order valence-corrected chi connectivity index (χ1v) is 8.18. The van der Waals surface area contributed by atoms with Crippen LogP contribution in [-0.2, 0) is 0 Å². The maximum atomic E-state index is 12.3. The highest BCUT2D eigenvalue weighted by Gasteiger charge is 2.11. The van der Waals surface area contributed by atoms with Crippen molar-refractivity contribution in [3.63, 3.8) is 0 Å². The zero-order valence-electron chi connectivity index (χ0n) is 14.7. The van der Waals surface area contributed by atoms with Crippen molar-refractivity contribution in [2.24, 2.45) is 5.92 Å². The molecule has 0 atom stereocenters. The number of rotatable bonds is 7. The summed E-state index contributed by atoms with van der Waals surface area (Å²) in [7, 11) is 1.58. The molecule has 0 unspecified atom stereocenters. The summed E-state index contributed by atoms with van der Waals surface area (Å²) in [4.78, 5) is 28.5. The Hall–Kier alpha value is -2.89. The Kier molecular flexibility index (Phi) is 6.51. The van der Waals surface area contributed by atoms with Gasteiger partial charge >= 0.3 is 0 Å². The smallest absolute Gasteiger partial charge is 0.257 e. The average molecular weight is 341 g/mol. The van der Waals surface area contributed by atoms with Gasteiger partial charge in [0.15, 0.2) is 0 Å². The molecule has 0 bridgehead atoms.